The van der Waals surface area contributed by atoms with E-state index in [2.05, 4.69) is 6.07 Å². The van der Waals surface area contributed by atoms with Gasteiger partial charge >= 0.3 is 0 Å². The number of hydrogen-bond acceptors (Lipinski definition) is 4. The summed E-state index contributed by atoms with van der Waals surface area (Å²) in [5.74, 6) is 0.334. The summed E-state index contributed by atoms with van der Waals surface area (Å²) in [6.45, 7) is -0.0912. The molecule has 3 N–H and O–H groups in total. The molecule has 5 nitrogen and oxygen atoms in total. The highest BCUT2D eigenvalue weighted by Crippen LogP contribution is 2.47. The molecular formula is C10H15N3O2. The highest BCUT2D eigenvalue weighted by Gasteiger charge is 2.54. The average molecular weight is 209 g/mol. The third-order valence-corrected chi connectivity index (χ3v) is 3.27. The molecule has 0 aromatic heterocycles. The molecule has 2 fully saturated rings. The van der Waals surface area contributed by atoms with E-state index in [0.717, 1.165) is 12.8 Å². The Bertz CT molecular complexity index is 312. The van der Waals surface area contributed by atoms with Crippen molar-refractivity contribution in [3.63, 3.8) is 0 Å². The van der Waals surface area contributed by atoms with Crippen LogP contribution in [0.15, 0.2) is 0 Å². The van der Waals surface area contributed by atoms with E-state index in [0.29, 0.717) is 5.92 Å². The molecule has 0 radical (unpaired) electrons. The first-order valence-corrected chi connectivity index (χ1v) is 5.27. The molecule has 1 unspecified atom stereocenters. The number of amides is 1. The minimum atomic E-state index is -0.662. The Morgan fingerprint density at radius 1 is 1.67 bits per heavy atom. The monoisotopic (exact) mass is 209 g/mol. The highest BCUT2D eigenvalue weighted by atomic mass is 16.3. The van der Waals surface area contributed by atoms with Crippen LogP contribution in [0.2, 0.25) is 0 Å². The largest absolute Gasteiger partial charge is 0.396 e. The quantitative estimate of drug-likeness (QED) is 0.637. The molecule has 15 heavy (non-hydrogen) atoms. The third kappa shape index (κ3) is 1.71. The molecule has 1 saturated carbocycles. The topological polar surface area (TPSA) is 90.4 Å². The standard InChI is InChI=1S/C10H15N3O2/c11-5-7-3-6-4-9(6)13(7)10(15)8(12)1-2-14/h6-9,14H,1-4,12H2/t6?,7-,8+,9+/m0/s1. The maximum atomic E-state index is 11.9. The Morgan fingerprint density at radius 2 is 2.40 bits per heavy atom. The van der Waals surface area contributed by atoms with Gasteiger partial charge in [-0.25, -0.2) is 0 Å². The summed E-state index contributed by atoms with van der Waals surface area (Å²) in [7, 11) is 0. The van der Waals surface area contributed by atoms with E-state index >= 15 is 0 Å². The molecule has 1 heterocycles. The molecule has 4 atom stereocenters. The van der Waals surface area contributed by atoms with E-state index < -0.39 is 6.04 Å². The van der Waals surface area contributed by atoms with Gasteiger partial charge in [0.25, 0.3) is 0 Å². The second kappa shape index (κ2) is 3.80. The fourth-order valence-corrected chi connectivity index (χ4v) is 2.34. The van der Waals surface area contributed by atoms with Gasteiger partial charge in [0.05, 0.1) is 12.1 Å². The Morgan fingerprint density at radius 3 is 3.00 bits per heavy atom. The lowest BCUT2D eigenvalue weighted by Gasteiger charge is -2.25. The Balaban J connectivity index is 2.03. The number of hydrogen-bond donors (Lipinski definition) is 2. The van der Waals surface area contributed by atoms with E-state index in [4.69, 9.17) is 16.1 Å². The number of nitrogens with two attached hydrogens (primary N) is 1. The third-order valence-electron chi connectivity index (χ3n) is 3.27. The molecule has 1 saturated heterocycles. The molecule has 82 valence electrons. The average Bonchev–Trinajstić information content (AvgIpc) is 2.89. The van der Waals surface area contributed by atoms with Gasteiger partial charge in [-0.3, -0.25) is 4.79 Å². The molecule has 2 rings (SSSR count). The van der Waals surface area contributed by atoms with Gasteiger partial charge in [-0.05, 0) is 25.2 Å². The number of aliphatic hydroxyl groups excluding tert-OH is 1. The first kappa shape index (κ1) is 10.4. The minimum absolute atomic E-state index is 0.0912. The second-order valence-corrected chi connectivity index (χ2v) is 4.31. The second-order valence-electron chi connectivity index (χ2n) is 4.31. The van der Waals surface area contributed by atoms with Gasteiger partial charge in [-0.15, -0.1) is 0 Å². The summed E-state index contributed by atoms with van der Waals surface area (Å²) in [6, 6.07) is 1.42. The van der Waals surface area contributed by atoms with E-state index in [1.807, 2.05) is 0 Å². The van der Waals surface area contributed by atoms with Crippen LogP contribution >= 0.6 is 0 Å². The van der Waals surface area contributed by atoms with Crippen LogP contribution in [-0.4, -0.2) is 40.6 Å². The summed E-state index contributed by atoms with van der Waals surface area (Å²) in [4.78, 5) is 13.5. The van der Waals surface area contributed by atoms with Crippen LogP contribution in [0.25, 0.3) is 0 Å². The van der Waals surface area contributed by atoms with Gasteiger partial charge in [0.2, 0.25) is 5.91 Å². The van der Waals surface area contributed by atoms with Crippen LogP contribution in [-0.2, 0) is 4.79 Å². The van der Waals surface area contributed by atoms with Gasteiger partial charge in [0.15, 0.2) is 0 Å². The summed E-state index contributed by atoms with van der Waals surface area (Å²) in [6.07, 6.45) is 2.07. The zero-order valence-corrected chi connectivity index (χ0v) is 8.47. The zero-order chi connectivity index (χ0) is 11.0. The number of nitrogens with zero attached hydrogens (tertiary/aromatic N) is 2. The first-order valence-electron chi connectivity index (χ1n) is 5.27. The normalized spacial score (nSPS) is 34.5. The lowest BCUT2D eigenvalue weighted by atomic mass is 10.1. The predicted octanol–water partition coefficient (Wildman–Crippen LogP) is -0.791. The molecule has 1 aliphatic heterocycles. The van der Waals surface area contributed by atoms with Crippen molar-refractivity contribution in [2.45, 2.75) is 37.4 Å². The fourth-order valence-electron chi connectivity index (χ4n) is 2.34. The summed E-state index contributed by atoms with van der Waals surface area (Å²) in [5.41, 5.74) is 5.64. The molecule has 5 heteroatoms. The van der Waals surface area contributed by atoms with Gasteiger partial charge in [0, 0.05) is 12.6 Å². The summed E-state index contributed by atoms with van der Waals surface area (Å²) in [5, 5.41) is 17.6. The molecule has 2 aliphatic rings. The summed E-state index contributed by atoms with van der Waals surface area (Å²) >= 11 is 0. The molecular weight excluding hydrogens is 194 g/mol. The van der Waals surface area contributed by atoms with Crippen LogP contribution in [0.3, 0.4) is 0 Å². The first-order chi connectivity index (χ1) is 7.19. The van der Waals surface area contributed by atoms with Crippen molar-refractivity contribution >= 4 is 5.91 Å². The Labute approximate surface area is 88.5 Å². The van der Waals surface area contributed by atoms with Gasteiger partial charge in [-0.2, -0.15) is 5.26 Å². The van der Waals surface area contributed by atoms with Gasteiger partial charge < -0.3 is 15.7 Å². The number of piperidine rings is 1. The molecule has 0 spiro atoms. The van der Waals surface area contributed by atoms with Crippen molar-refractivity contribution in [2.75, 3.05) is 6.61 Å². The van der Waals surface area contributed by atoms with Crippen molar-refractivity contribution in [3.8, 4) is 6.07 Å². The lowest BCUT2D eigenvalue weighted by Crippen LogP contribution is -2.47. The molecule has 0 bridgehead atoms. The number of carbonyl (C=O) groups excluding carboxylic acids is 1. The van der Waals surface area contributed by atoms with Crippen molar-refractivity contribution < 1.29 is 9.90 Å². The molecule has 1 aliphatic carbocycles. The number of aliphatic hydroxyl groups is 1. The maximum absolute atomic E-state index is 11.9. The molecule has 0 aromatic carbocycles. The van der Waals surface area contributed by atoms with Gasteiger partial charge in [0.1, 0.15) is 6.04 Å². The van der Waals surface area contributed by atoms with E-state index in [-0.39, 0.29) is 31.0 Å². The molecule has 1 amide bonds. The van der Waals surface area contributed by atoms with Crippen LogP contribution in [0.5, 0.6) is 0 Å². The number of rotatable bonds is 3. The fraction of sp³-hybridized carbons (Fsp3) is 0.800. The maximum Gasteiger partial charge on any atom is 0.240 e. The Kier molecular flexibility index (Phi) is 2.63. The number of nitriles is 1. The van der Waals surface area contributed by atoms with Crippen molar-refractivity contribution in [1.29, 1.82) is 5.26 Å². The highest BCUT2D eigenvalue weighted by molar-refractivity contribution is 5.83. The number of carbonyl (C=O) groups is 1. The number of fused-ring (bicyclic) bond motifs is 1. The van der Waals surface area contributed by atoms with Crippen LogP contribution in [0, 0.1) is 17.2 Å². The van der Waals surface area contributed by atoms with Crippen molar-refractivity contribution in [3.05, 3.63) is 0 Å². The number of likely N-dealkylation sites (tertiary alicyclic amines) is 1. The van der Waals surface area contributed by atoms with Crippen LogP contribution in [0.1, 0.15) is 19.3 Å². The lowest BCUT2D eigenvalue weighted by molar-refractivity contribution is -0.133. The summed E-state index contributed by atoms with van der Waals surface area (Å²) < 4.78 is 0. The predicted molar refractivity (Wildman–Crippen MR) is 52.4 cm³/mol. The smallest absolute Gasteiger partial charge is 0.240 e. The SMILES string of the molecule is N#C[C@@H]1CC2C[C@H]2N1C(=O)[C@H](N)CCO. The van der Waals surface area contributed by atoms with Crippen LogP contribution < -0.4 is 5.73 Å². The Hall–Kier alpha value is -1.12. The van der Waals surface area contributed by atoms with Crippen molar-refractivity contribution in [2.24, 2.45) is 11.7 Å². The zero-order valence-electron chi connectivity index (χ0n) is 8.47. The van der Waals surface area contributed by atoms with E-state index in [9.17, 15) is 4.79 Å². The van der Waals surface area contributed by atoms with E-state index in [1.54, 1.807) is 4.90 Å². The van der Waals surface area contributed by atoms with Gasteiger partial charge in [-0.1, -0.05) is 0 Å². The van der Waals surface area contributed by atoms with Crippen molar-refractivity contribution in [1.82, 2.24) is 4.90 Å². The van der Waals surface area contributed by atoms with Crippen LogP contribution in [0.4, 0.5) is 0 Å². The molecule has 0 aromatic rings. The van der Waals surface area contributed by atoms with E-state index in [1.165, 1.54) is 0 Å². The minimum Gasteiger partial charge on any atom is -0.396 e.